The molecule has 0 saturated heterocycles. The quantitative estimate of drug-likeness (QED) is 0.429. The van der Waals surface area contributed by atoms with Gasteiger partial charge < -0.3 is 26.0 Å². The van der Waals surface area contributed by atoms with Crippen LogP contribution in [0.2, 0.25) is 0 Å². The summed E-state index contributed by atoms with van der Waals surface area (Å²) in [5.74, 6) is -9.08. The van der Waals surface area contributed by atoms with Crippen LogP contribution in [-0.4, -0.2) is 50.0 Å². The van der Waals surface area contributed by atoms with Crippen molar-refractivity contribution in [2.45, 2.75) is 0 Å². The van der Waals surface area contributed by atoms with Crippen LogP contribution in [0.25, 0.3) is 0 Å². The molecule has 21 heavy (non-hydrogen) atoms. The molecule has 0 radical (unpaired) electrons. The number of carboxylic acid groups (broad SMARTS) is 3. The summed E-state index contributed by atoms with van der Waals surface area (Å²) in [6.45, 7) is 0. The number of hydrogen-bond acceptors (Lipinski definition) is 6. The minimum Gasteiger partial charge on any atom is -0.478 e. The second kappa shape index (κ2) is 6.10. The Morgan fingerprint density at radius 3 is 1.48 bits per heavy atom. The molecule has 0 aliphatic rings. The van der Waals surface area contributed by atoms with Gasteiger partial charge >= 0.3 is 29.7 Å². The van der Waals surface area contributed by atoms with Crippen LogP contribution in [0.15, 0.2) is 12.1 Å². The Morgan fingerprint density at radius 1 is 0.810 bits per heavy atom. The van der Waals surface area contributed by atoms with Crippen molar-refractivity contribution in [1.29, 1.82) is 0 Å². The number of pyridine rings is 1. The van der Waals surface area contributed by atoms with Crippen LogP contribution in [0.5, 0.6) is 0 Å². The number of carboxylic acids is 3. The van der Waals surface area contributed by atoms with Gasteiger partial charge in [-0.3, -0.25) is 9.59 Å². The maximum absolute atomic E-state index is 11.0. The number of nitrogens with one attached hydrogen (secondary N) is 2. The molecule has 1 aromatic heterocycles. The fraction of sp³-hybridized carbons (Fsp3) is 0. The lowest BCUT2D eigenvalue weighted by Crippen LogP contribution is -2.25. The Bertz CT molecular complexity index is 607. The maximum Gasteiger partial charge on any atom is 0.394 e. The Morgan fingerprint density at radius 2 is 1.19 bits per heavy atom. The average molecular weight is 297 g/mol. The molecule has 0 bridgehead atoms. The van der Waals surface area contributed by atoms with E-state index in [1.165, 1.54) is 0 Å². The molecule has 0 aliphatic heterocycles. The summed E-state index contributed by atoms with van der Waals surface area (Å²) < 4.78 is 0. The molecule has 2 amide bonds. The van der Waals surface area contributed by atoms with E-state index in [0.29, 0.717) is 0 Å². The van der Waals surface area contributed by atoms with Gasteiger partial charge in [-0.05, 0) is 12.1 Å². The SMILES string of the molecule is O=C(O)C(=O)Nc1cc(C(=O)O)cc(NC(=O)C(=O)O)n1. The van der Waals surface area contributed by atoms with Crippen molar-refractivity contribution in [3.63, 3.8) is 0 Å². The summed E-state index contributed by atoms with van der Waals surface area (Å²) in [4.78, 5) is 57.0. The number of carbonyl (C=O) groups is 5. The van der Waals surface area contributed by atoms with Crippen LogP contribution in [-0.2, 0) is 19.2 Å². The molecule has 1 heterocycles. The number of hydrogen-bond donors (Lipinski definition) is 5. The molecule has 0 fully saturated rings. The predicted molar refractivity (Wildman–Crippen MR) is 63.7 cm³/mol. The van der Waals surface area contributed by atoms with E-state index in [9.17, 15) is 24.0 Å². The number of aromatic nitrogens is 1. The molecular formula is C10H7N3O8. The van der Waals surface area contributed by atoms with Crippen molar-refractivity contribution in [2.24, 2.45) is 0 Å². The fourth-order valence-corrected chi connectivity index (χ4v) is 1.12. The van der Waals surface area contributed by atoms with Gasteiger partial charge in [-0.15, -0.1) is 0 Å². The largest absolute Gasteiger partial charge is 0.478 e. The molecule has 11 heteroatoms. The fourth-order valence-electron chi connectivity index (χ4n) is 1.12. The highest BCUT2D eigenvalue weighted by Crippen LogP contribution is 2.14. The van der Waals surface area contributed by atoms with Gasteiger partial charge in [-0.1, -0.05) is 0 Å². The highest BCUT2D eigenvalue weighted by atomic mass is 16.4. The molecule has 0 unspecified atom stereocenters. The summed E-state index contributed by atoms with van der Waals surface area (Å²) in [5.41, 5.74) is -0.452. The number of anilines is 2. The van der Waals surface area contributed by atoms with Crippen molar-refractivity contribution in [2.75, 3.05) is 10.6 Å². The van der Waals surface area contributed by atoms with E-state index < -0.39 is 46.9 Å². The summed E-state index contributed by atoms with van der Waals surface area (Å²) >= 11 is 0. The van der Waals surface area contributed by atoms with Crippen LogP contribution < -0.4 is 10.6 Å². The van der Waals surface area contributed by atoms with E-state index in [1.54, 1.807) is 10.6 Å². The van der Waals surface area contributed by atoms with Crippen LogP contribution >= 0.6 is 0 Å². The molecule has 5 N–H and O–H groups in total. The van der Waals surface area contributed by atoms with E-state index in [-0.39, 0.29) is 0 Å². The number of rotatable bonds is 3. The van der Waals surface area contributed by atoms with Crippen LogP contribution in [0, 0.1) is 0 Å². The van der Waals surface area contributed by atoms with Gasteiger partial charge in [0.2, 0.25) is 0 Å². The first-order chi connectivity index (χ1) is 9.70. The van der Waals surface area contributed by atoms with Gasteiger partial charge in [0.15, 0.2) is 0 Å². The minimum atomic E-state index is -1.84. The van der Waals surface area contributed by atoms with E-state index in [2.05, 4.69) is 4.98 Å². The Hall–Kier alpha value is -3.50. The number of nitrogens with zero attached hydrogens (tertiary/aromatic N) is 1. The monoisotopic (exact) mass is 297 g/mol. The van der Waals surface area contributed by atoms with Crippen LogP contribution in [0.3, 0.4) is 0 Å². The van der Waals surface area contributed by atoms with Crippen molar-refractivity contribution < 1.29 is 39.3 Å². The van der Waals surface area contributed by atoms with Crippen molar-refractivity contribution >= 4 is 41.4 Å². The molecule has 1 rings (SSSR count). The lowest BCUT2D eigenvalue weighted by Gasteiger charge is -2.07. The van der Waals surface area contributed by atoms with Gasteiger partial charge in [-0.25, -0.2) is 19.4 Å². The third-order valence-corrected chi connectivity index (χ3v) is 1.94. The molecule has 0 saturated carbocycles. The van der Waals surface area contributed by atoms with Crippen LogP contribution in [0.4, 0.5) is 11.6 Å². The van der Waals surface area contributed by atoms with Gasteiger partial charge in [0.1, 0.15) is 11.6 Å². The average Bonchev–Trinajstić information content (AvgIpc) is 2.37. The summed E-state index contributed by atoms with van der Waals surface area (Å²) in [5, 5.41) is 29.2. The normalized spacial score (nSPS) is 9.52. The van der Waals surface area contributed by atoms with E-state index in [0.717, 1.165) is 12.1 Å². The van der Waals surface area contributed by atoms with Crippen LogP contribution in [0.1, 0.15) is 10.4 Å². The predicted octanol–water partition coefficient (Wildman–Crippen LogP) is -1.17. The van der Waals surface area contributed by atoms with Crippen molar-refractivity contribution in [3.8, 4) is 0 Å². The first-order valence-electron chi connectivity index (χ1n) is 5.04. The van der Waals surface area contributed by atoms with E-state index in [1.807, 2.05) is 0 Å². The smallest absolute Gasteiger partial charge is 0.394 e. The standard InChI is InChI=1S/C10H7N3O8/c14-6(9(18)19)12-4-1-3(8(16)17)2-5(11-4)13-7(15)10(20)21/h1-2H,(H,16,17)(H,18,19)(H,20,21)(H2,11,12,13,14,15). The third-order valence-electron chi connectivity index (χ3n) is 1.94. The maximum atomic E-state index is 11.0. The second-order valence-electron chi connectivity index (χ2n) is 3.45. The summed E-state index contributed by atoms with van der Waals surface area (Å²) in [6, 6.07) is 1.67. The lowest BCUT2D eigenvalue weighted by molar-refractivity contribution is -0.147. The lowest BCUT2D eigenvalue weighted by atomic mass is 10.2. The highest BCUT2D eigenvalue weighted by molar-refractivity contribution is 6.37. The zero-order valence-electron chi connectivity index (χ0n) is 9.98. The molecule has 0 spiro atoms. The highest BCUT2D eigenvalue weighted by Gasteiger charge is 2.17. The molecule has 0 aliphatic carbocycles. The zero-order valence-corrected chi connectivity index (χ0v) is 9.98. The number of carbonyl (C=O) groups excluding carboxylic acids is 2. The van der Waals surface area contributed by atoms with Crippen molar-refractivity contribution in [3.05, 3.63) is 17.7 Å². The Balaban J connectivity index is 3.14. The molecular weight excluding hydrogens is 290 g/mol. The topological polar surface area (TPSA) is 183 Å². The molecule has 0 atom stereocenters. The zero-order chi connectivity index (χ0) is 16.2. The number of amides is 2. The van der Waals surface area contributed by atoms with E-state index in [4.69, 9.17) is 15.3 Å². The van der Waals surface area contributed by atoms with Gasteiger partial charge in [0.05, 0.1) is 5.56 Å². The first kappa shape index (κ1) is 15.6. The first-order valence-corrected chi connectivity index (χ1v) is 5.04. The summed E-state index contributed by atoms with van der Waals surface area (Å²) in [6.07, 6.45) is 0. The van der Waals surface area contributed by atoms with Gasteiger partial charge in [0, 0.05) is 0 Å². The number of aliphatic carboxylic acids is 2. The van der Waals surface area contributed by atoms with Crippen molar-refractivity contribution in [1.82, 2.24) is 4.98 Å². The molecule has 11 nitrogen and oxygen atoms in total. The molecule has 0 aromatic carbocycles. The number of aromatic carboxylic acids is 1. The summed E-state index contributed by atoms with van der Waals surface area (Å²) in [7, 11) is 0. The Kier molecular flexibility index (Phi) is 4.52. The van der Waals surface area contributed by atoms with Gasteiger partial charge in [0.25, 0.3) is 0 Å². The minimum absolute atomic E-state index is 0.452. The third kappa shape index (κ3) is 4.27. The second-order valence-corrected chi connectivity index (χ2v) is 3.45. The molecule has 110 valence electrons. The van der Waals surface area contributed by atoms with Gasteiger partial charge in [-0.2, -0.15) is 0 Å². The molecule has 1 aromatic rings. The van der Waals surface area contributed by atoms with E-state index >= 15 is 0 Å². The Labute approximate surface area is 115 Å².